The zero-order valence-corrected chi connectivity index (χ0v) is 27.4. The molecule has 0 fully saturated rings. The maximum absolute atomic E-state index is 14.5. The van der Waals surface area contributed by atoms with E-state index in [1.807, 2.05) is 76.2 Å². The predicted molar refractivity (Wildman–Crippen MR) is 178 cm³/mol. The number of aryl methyl sites for hydroxylation is 2. The minimum atomic E-state index is -4.06. The van der Waals surface area contributed by atoms with Crippen LogP contribution in [-0.4, -0.2) is 46.3 Å². The monoisotopic (exact) mass is 631 g/mol. The van der Waals surface area contributed by atoms with Crippen LogP contribution in [0.1, 0.15) is 37.0 Å². The van der Waals surface area contributed by atoms with E-state index < -0.39 is 26.1 Å². The molecule has 4 aromatic carbocycles. The minimum absolute atomic E-state index is 0.0315. The molecule has 1 N–H and O–H groups in total. The van der Waals surface area contributed by atoms with Gasteiger partial charge in [0.15, 0.2) is 0 Å². The Labute approximate surface area is 262 Å². The zero-order chi connectivity index (χ0) is 31.5. The maximum Gasteiger partial charge on any atom is 0.264 e. The van der Waals surface area contributed by atoms with Gasteiger partial charge >= 0.3 is 0 Å². The van der Waals surface area contributed by atoms with Crippen LogP contribution in [0.5, 0.6) is 0 Å². The van der Waals surface area contributed by atoms with Crippen LogP contribution < -0.4 is 9.62 Å². The van der Waals surface area contributed by atoms with Gasteiger partial charge in [0.1, 0.15) is 0 Å². The molecule has 0 spiro atoms. The van der Waals surface area contributed by atoms with Crippen LogP contribution >= 0.6 is 0 Å². The molecular weight excluding hydrogens is 591 g/mol. The molecule has 2 atom stereocenters. The molecule has 0 aromatic heterocycles. The Kier molecular flexibility index (Phi) is 9.48. The van der Waals surface area contributed by atoms with E-state index in [4.69, 9.17) is 0 Å². The predicted octanol–water partition coefficient (Wildman–Crippen LogP) is 6.64. The third-order valence-corrected chi connectivity index (χ3v) is 11.7. The first-order valence-electron chi connectivity index (χ1n) is 15.0. The Balaban J connectivity index is 1.71. The van der Waals surface area contributed by atoms with Crippen LogP contribution in [0.2, 0.25) is 0 Å². The third-order valence-electron chi connectivity index (χ3n) is 8.02. The van der Waals surface area contributed by atoms with Crippen LogP contribution in [0.4, 0.5) is 11.4 Å². The van der Waals surface area contributed by atoms with Crippen LogP contribution in [0.15, 0.2) is 113 Å². The van der Waals surface area contributed by atoms with Crippen LogP contribution in [-0.2, 0) is 26.5 Å². The lowest BCUT2D eigenvalue weighted by Gasteiger charge is -2.36. The van der Waals surface area contributed by atoms with E-state index in [1.165, 1.54) is 4.31 Å². The Hall–Kier alpha value is -3.66. The molecule has 7 nitrogen and oxygen atoms in total. The number of nitrogens with one attached hydrogen (secondary N) is 1. The number of nitrogens with zero attached hydrogens (tertiary/aromatic N) is 2. The number of sulfonamides is 2. The van der Waals surface area contributed by atoms with E-state index in [1.54, 1.807) is 58.9 Å². The van der Waals surface area contributed by atoms with Gasteiger partial charge in [-0.2, -0.15) is 4.31 Å². The lowest BCUT2D eigenvalue weighted by atomic mass is 10.0. The number of rotatable bonds is 8. The first kappa shape index (κ1) is 31.8. The first-order valence-corrected chi connectivity index (χ1v) is 17.9. The van der Waals surface area contributed by atoms with Crippen LogP contribution in [0.3, 0.4) is 0 Å². The van der Waals surface area contributed by atoms with E-state index in [-0.39, 0.29) is 34.8 Å². The normalized spacial score (nSPS) is 18.2. The van der Waals surface area contributed by atoms with Crippen LogP contribution in [0, 0.1) is 19.8 Å². The molecule has 4 aromatic rings. The highest BCUT2D eigenvalue weighted by Gasteiger charge is 2.39. The van der Waals surface area contributed by atoms with Crippen molar-refractivity contribution >= 4 is 31.4 Å². The Morgan fingerprint density at radius 2 is 1.25 bits per heavy atom. The average Bonchev–Trinajstić information content (AvgIpc) is 3.05. The second-order valence-corrected chi connectivity index (χ2v) is 15.8. The van der Waals surface area contributed by atoms with Crippen molar-refractivity contribution in [1.29, 1.82) is 0 Å². The molecule has 5 rings (SSSR count). The molecule has 0 bridgehead atoms. The number of hydrogen-bond acceptors (Lipinski definition) is 5. The van der Waals surface area contributed by atoms with Gasteiger partial charge in [-0.1, -0.05) is 91.7 Å². The van der Waals surface area contributed by atoms with Crippen molar-refractivity contribution in [3.05, 3.63) is 120 Å². The van der Waals surface area contributed by atoms with E-state index in [2.05, 4.69) is 5.32 Å². The van der Waals surface area contributed by atoms with Crippen molar-refractivity contribution in [2.24, 2.45) is 5.92 Å². The van der Waals surface area contributed by atoms with Crippen molar-refractivity contribution in [2.45, 2.75) is 62.4 Å². The molecule has 0 aliphatic carbocycles. The Bertz CT molecular complexity index is 1770. The fourth-order valence-electron chi connectivity index (χ4n) is 5.78. The highest BCUT2D eigenvalue weighted by Crippen LogP contribution is 2.36. The van der Waals surface area contributed by atoms with Gasteiger partial charge < -0.3 is 5.32 Å². The largest absolute Gasteiger partial charge is 0.379 e. The summed E-state index contributed by atoms with van der Waals surface area (Å²) in [5.41, 5.74) is 4.10. The molecule has 0 saturated heterocycles. The summed E-state index contributed by atoms with van der Waals surface area (Å²) >= 11 is 0. The Morgan fingerprint density at radius 1 is 0.705 bits per heavy atom. The summed E-state index contributed by atoms with van der Waals surface area (Å²) in [4.78, 5) is 0.356. The first-order chi connectivity index (χ1) is 20.9. The van der Waals surface area contributed by atoms with E-state index in [0.29, 0.717) is 24.2 Å². The van der Waals surface area contributed by atoms with Crippen molar-refractivity contribution < 1.29 is 16.8 Å². The molecule has 1 heterocycles. The van der Waals surface area contributed by atoms with Gasteiger partial charge in [0, 0.05) is 18.6 Å². The fraction of sp³-hybridized carbons (Fsp3) is 0.314. The molecular formula is C35H41N3O4S2. The molecule has 0 saturated carbocycles. The number of anilines is 2. The zero-order valence-electron chi connectivity index (χ0n) is 25.7. The Morgan fingerprint density at radius 3 is 1.84 bits per heavy atom. The third kappa shape index (κ3) is 7.01. The second-order valence-electron chi connectivity index (χ2n) is 12.1. The highest BCUT2D eigenvalue weighted by atomic mass is 32.2. The molecule has 0 radical (unpaired) electrons. The number of para-hydroxylation sites is 2. The van der Waals surface area contributed by atoms with Crippen molar-refractivity contribution in [3.63, 3.8) is 0 Å². The fourth-order valence-corrected chi connectivity index (χ4v) is 8.97. The van der Waals surface area contributed by atoms with Gasteiger partial charge in [-0.3, -0.25) is 4.31 Å². The summed E-state index contributed by atoms with van der Waals surface area (Å²) < 4.78 is 60.9. The summed E-state index contributed by atoms with van der Waals surface area (Å²) in [6.07, 6.45) is 1.03. The second kappa shape index (κ2) is 13.1. The number of benzene rings is 4. The van der Waals surface area contributed by atoms with Crippen molar-refractivity contribution in [2.75, 3.05) is 22.7 Å². The SMILES string of the molecule is Cc1ccc(S(=O)(=O)N2C[C@H](CC(C)C)N(S(=O)(=O)c3ccc(C)cc3)C[C@H](Cc3ccccc3)Nc3ccccc32)cc1. The van der Waals surface area contributed by atoms with Gasteiger partial charge in [0.2, 0.25) is 10.0 Å². The van der Waals surface area contributed by atoms with Gasteiger partial charge in [-0.15, -0.1) is 0 Å². The maximum atomic E-state index is 14.5. The topological polar surface area (TPSA) is 86.8 Å². The van der Waals surface area contributed by atoms with Gasteiger partial charge in [0.05, 0.1) is 27.7 Å². The van der Waals surface area contributed by atoms with E-state index in [9.17, 15) is 16.8 Å². The average molecular weight is 632 g/mol. The molecule has 0 amide bonds. The van der Waals surface area contributed by atoms with Crippen molar-refractivity contribution in [1.82, 2.24) is 4.31 Å². The molecule has 44 heavy (non-hydrogen) atoms. The quantitative estimate of drug-likeness (QED) is 0.236. The van der Waals surface area contributed by atoms with Crippen molar-refractivity contribution in [3.8, 4) is 0 Å². The standard InChI is InChI=1S/C35H41N3O4S2/c1-26(2)22-31-25-38(44(41,42)33-20-16-28(4)17-21-33)35-13-9-8-12-34(35)36-30(23-29-10-6-5-7-11-29)24-37(31)43(39,40)32-18-14-27(3)15-19-32/h5-21,26,30-31,36H,22-25H2,1-4H3/t30-,31-/m0/s1. The summed E-state index contributed by atoms with van der Waals surface area (Å²) in [5, 5.41) is 3.57. The van der Waals surface area contributed by atoms with Gasteiger partial charge in [0.25, 0.3) is 10.0 Å². The van der Waals surface area contributed by atoms with Gasteiger partial charge in [-0.25, -0.2) is 16.8 Å². The summed E-state index contributed by atoms with van der Waals surface area (Å²) in [7, 11) is -8.07. The molecule has 1 aliphatic heterocycles. The summed E-state index contributed by atoms with van der Waals surface area (Å²) in [6, 6.07) is 30.0. The van der Waals surface area contributed by atoms with E-state index in [0.717, 1.165) is 16.7 Å². The van der Waals surface area contributed by atoms with E-state index >= 15 is 0 Å². The highest BCUT2D eigenvalue weighted by molar-refractivity contribution is 7.93. The summed E-state index contributed by atoms with van der Waals surface area (Å²) in [6.45, 7) is 8.04. The van der Waals surface area contributed by atoms with Crippen LogP contribution in [0.25, 0.3) is 0 Å². The van der Waals surface area contributed by atoms with Gasteiger partial charge in [-0.05, 0) is 74.6 Å². The molecule has 1 aliphatic rings. The molecule has 9 heteroatoms. The summed E-state index contributed by atoms with van der Waals surface area (Å²) in [5.74, 6) is 0.108. The smallest absolute Gasteiger partial charge is 0.264 e. The number of hydrogen-bond donors (Lipinski definition) is 1. The molecule has 232 valence electrons. The lowest BCUT2D eigenvalue weighted by Crippen LogP contribution is -2.51. The minimum Gasteiger partial charge on any atom is -0.379 e. The lowest BCUT2D eigenvalue weighted by molar-refractivity contribution is 0.277. The number of fused-ring (bicyclic) bond motifs is 1. The molecule has 0 unspecified atom stereocenters.